The summed E-state index contributed by atoms with van der Waals surface area (Å²) in [7, 11) is 0. The van der Waals surface area contributed by atoms with Crippen molar-refractivity contribution in [2.45, 2.75) is 6.42 Å². The van der Waals surface area contributed by atoms with Crippen LogP contribution in [0.5, 0.6) is 0 Å². The van der Waals surface area contributed by atoms with Gasteiger partial charge in [-0.3, -0.25) is 19.3 Å². The van der Waals surface area contributed by atoms with Gasteiger partial charge < -0.3 is 5.11 Å². The normalized spacial score (nSPS) is 18.1. The summed E-state index contributed by atoms with van der Waals surface area (Å²) in [5.74, 6) is -2.24. The van der Waals surface area contributed by atoms with E-state index < -0.39 is 24.3 Å². The molecule has 0 bridgehead atoms. The average Bonchev–Trinajstić information content (AvgIpc) is 2.83. The first-order chi connectivity index (χ1) is 8.08. The molecule has 2 rings (SSSR count). The van der Waals surface area contributed by atoms with Gasteiger partial charge in [-0.25, -0.2) is 4.98 Å². The number of carbonyl (C=O) groups is 3. The highest BCUT2D eigenvalue weighted by Crippen LogP contribution is 2.21. The smallest absolute Gasteiger partial charge is 0.323 e. The first kappa shape index (κ1) is 11.5. The Kier molecular flexibility index (Phi) is 3.01. The highest BCUT2D eigenvalue weighted by molar-refractivity contribution is 7.10. The predicted molar refractivity (Wildman–Crippen MR) is 59.1 cm³/mol. The van der Waals surface area contributed by atoms with E-state index in [0.717, 1.165) is 4.90 Å². The standard InChI is InChI=1S/C10H8N2O4S/c13-8-4-6(3-7-11-1-2-17-7)10(16)12(8)5-9(14)15/h1-3H,4-5H2,(H,14,15)/b6-3+. The highest BCUT2D eigenvalue weighted by Gasteiger charge is 2.35. The second kappa shape index (κ2) is 4.46. The number of carboxylic acids is 1. The number of carbonyl (C=O) groups excluding carboxylic acids is 2. The number of rotatable bonds is 3. The molecule has 0 aliphatic carbocycles. The predicted octanol–water partition coefficient (Wildman–Crippen LogP) is 0.370. The molecule has 17 heavy (non-hydrogen) atoms. The minimum absolute atomic E-state index is 0.0638. The molecule has 1 aromatic rings. The Morgan fingerprint density at radius 3 is 2.94 bits per heavy atom. The topological polar surface area (TPSA) is 87.6 Å². The van der Waals surface area contributed by atoms with E-state index in [-0.39, 0.29) is 12.0 Å². The highest BCUT2D eigenvalue weighted by atomic mass is 32.1. The molecule has 88 valence electrons. The first-order valence-corrected chi connectivity index (χ1v) is 5.62. The van der Waals surface area contributed by atoms with E-state index in [4.69, 9.17) is 5.11 Å². The van der Waals surface area contributed by atoms with Crippen LogP contribution in [0.4, 0.5) is 0 Å². The van der Waals surface area contributed by atoms with Gasteiger partial charge in [-0.05, 0) is 6.08 Å². The Bertz CT molecular complexity index is 506. The van der Waals surface area contributed by atoms with Crippen LogP contribution in [0.15, 0.2) is 17.2 Å². The lowest BCUT2D eigenvalue weighted by atomic mass is 10.2. The zero-order chi connectivity index (χ0) is 12.4. The number of nitrogens with zero attached hydrogens (tertiary/aromatic N) is 2. The summed E-state index contributed by atoms with van der Waals surface area (Å²) in [6.07, 6.45) is 3.05. The Balaban J connectivity index is 2.21. The molecule has 1 aliphatic heterocycles. The van der Waals surface area contributed by atoms with E-state index in [1.165, 1.54) is 17.4 Å². The van der Waals surface area contributed by atoms with Crippen molar-refractivity contribution in [3.05, 3.63) is 22.2 Å². The van der Waals surface area contributed by atoms with E-state index in [1.54, 1.807) is 11.6 Å². The Morgan fingerprint density at radius 1 is 1.59 bits per heavy atom. The van der Waals surface area contributed by atoms with Gasteiger partial charge in [0.25, 0.3) is 5.91 Å². The molecule has 0 spiro atoms. The van der Waals surface area contributed by atoms with E-state index in [9.17, 15) is 14.4 Å². The Hall–Kier alpha value is -2.02. The summed E-state index contributed by atoms with van der Waals surface area (Å²) in [5, 5.41) is 11.0. The van der Waals surface area contributed by atoms with Gasteiger partial charge >= 0.3 is 5.97 Å². The molecular formula is C10H8N2O4S. The fourth-order valence-corrected chi connectivity index (χ4v) is 2.08. The van der Waals surface area contributed by atoms with Gasteiger partial charge in [0, 0.05) is 17.2 Å². The average molecular weight is 252 g/mol. The Labute approximate surface area is 100 Å². The lowest BCUT2D eigenvalue weighted by molar-refractivity contribution is -0.148. The lowest BCUT2D eigenvalue weighted by Crippen LogP contribution is -2.34. The molecule has 1 N–H and O–H groups in total. The number of aliphatic carboxylic acids is 1. The minimum atomic E-state index is -1.21. The molecule has 0 unspecified atom stereocenters. The molecule has 7 heteroatoms. The molecular weight excluding hydrogens is 244 g/mol. The van der Waals surface area contributed by atoms with Crippen molar-refractivity contribution in [3.8, 4) is 0 Å². The monoisotopic (exact) mass is 252 g/mol. The third kappa shape index (κ3) is 2.39. The zero-order valence-electron chi connectivity index (χ0n) is 8.62. The SMILES string of the molecule is O=C(O)CN1C(=O)C/C(=C\c2nccs2)C1=O. The first-order valence-electron chi connectivity index (χ1n) is 4.74. The van der Waals surface area contributed by atoms with Crippen molar-refractivity contribution in [1.29, 1.82) is 0 Å². The quantitative estimate of drug-likeness (QED) is 0.620. The third-order valence-electron chi connectivity index (χ3n) is 2.21. The van der Waals surface area contributed by atoms with Gasteiger partial charge in [0.2, 0.25) is 5.91 Å². The van der Waals surface area contributed by atoms with Crippen LogP contribution in [0.25, 0.3) is 6.08 Å². The number of amides is 2. The van der Waals surface area contributed by atoms with Crippen LogP contribution in [0, 0.1) is 0 Å². The van der Waals surface area contributed by atoms with Gasteiger partial charge in [-0.2, -0.15) is 0 Å². The van der Waals surface area contributed by atoms with Gasteiger partial charge in [0.1, 0.15) is 11.6 Å². The van der Waals surface area contributed by atoms with Gasteiger partial charge in [0.05, 0.1) is 6.42 Å². The lowest BCUT2D eigenvalue weighted by Gasteiger charge is -2.08. The molecule has 1 aromatic heterocycles. The van der Waals surface area contributed by atoms with Crippen molar-refractivity contribution in [2.75, 3.05) is 6.54 Å². The fourth-order valence-electron chi connectivity index (χ4n) is 1.48. The van der Waals surface area contributed by atoms with Crippen molar-refractivity contribution in [2.24, 2.45) is 0 Å². The van der Waals surface area contributed by atoms with Gasteiger partial charge in [-0.15, -0.1) is 11.3 Å². The summed E-state index contributed by atoms with van der Waals surface area (Å²) in [5.41, 5.74) is 0.284. The summed E-state index contributed by atoms with van der Waals surface area (Å²) in [6.45, 7) is -0.590. The van der Waals surface area contributed by atoms with Crippen LogP contribution >= 0.6 is 11.3 Å². The van der Waals surface area contributed by atoms with Crippen LogP contribution < -0.4 is 0 Å². The zero-order valence-corrected chi connectivity index (χ0v) is 9.44. The fraction of sp³-hybridized carbons (Fsp3) is 0.200. The van der Waals surface area contributed by atoms with Crippen molar-refractivity contribution >= 4 is 35.2 Å². The minimum Gasteiger partial charge on any atom is -0.480 e. The van der Waals surface area contributed by atoms with Crippen molar-refractivity contribution in [3.63, 3.8) is 0 Å². The maximum atomic E-state index is 11.7. The number of imide groups is 1. The molecule has 0 saturated carbocycles. The van der Waals surface area contributed by atoms with Gasteiger partial charge in [-0.1, -0.05) is 0 Å². The van der Waals surface area contributed by atoms with Crippen LogP contribution in [-0.4, -0.2) is 39.3 Å². The number of hydrogen-bond donors (Lipinski definition) is 1. The Morgan fingerprint density at radius 2 is 2.35 bits per heavy atom. The van der Waals surface area contributed by atoms with E-state index >= 15 is 0 Å². The number of thiazole rings is 1. The van der Waals surface area contributed by atoms with E-state index in [0.29, 0.717) is 5.01 Å². The van der Waals surface area contributed by atoms with Crippen LogP contribution in [0.1, 0.15) is 11.4 Å². The molecule has 2 heterocycles. The second-order valence-corrected chi connectivity index (χ2v) is 4.32. The molecule has 0 radical (unpaired) electrons. The van der Waals surface area contributed by atoms with Crippen LogP contribution in [0.3, 0.4) is 0 Å². The molecule has 0 aromatic carbocycles. The van der Waals surface area contributed by atoms with E-state index in [2.05, 4.69) is 4.98 Å². The number of aromatic nitrogens is 1. The molecule has 1 fully saturated rings. The van der Waals surface area contributed by atoms with Crippen molar-refractivity contribution < 1.29 is 19.5 Å². The maximum absolute atomic E-state index is 11.7. The number of hydrogen-bond acceptors (Lipinski definition) is 5. The largest absolute Gasteiger partial charge is 0.480 e. The third-order valence-corrected chi connectivity index (χ3v) is 2.93. The van der Waals surface area contributed by atoms with Crippen LogP contribution in [0.2, 0.25) is 0 Å². The molecule has 2 amide bonds. The molecule has 0 atom stereocenters. The number of likely N-dealkylation sites (tertiary alicyclic amines) is 1. The summed E-state index contributed by atoms with van der Waals surface area (Å²) >= 11 is 1.34. The van der Waals surface area contributed by atoms with Gasteiger partial charge in [0.15, 0.2) is 0 Å². The summed E-state index contributed by atoms with van der Waals surface area (Å²) in [4.78, 5) is 38.4. The van der Waals surface area contributed by atoms with Crippen molar-refractivity contribution in [1.82, 2.24) is 9.88 Å². The number of carboxylic acid groups (broad SMARTS) is 1. The van der Waals surface area contributed by atoms with E-state index in [1.807, 2.05) is 0 Å². The molecule has 1 aliphatic rings. The second-order valence-electron chi connectivity index (χ2n) is 3.40. The molecule has 6 nitrogen and oxygen atoms in total. The maximum Gasteiger partial charge on any atom is 0.323 e. The molecule has 1 saturated heterocycles. The summed E-state index contributed by atoms with van der Waals surface area (Å²) < 4.78 is 0. The van der Waals surface area contributed by atoms with Crippen LogP contribution in [-0.2, 0) is 14.4 Å². The summed E-state index contributed by atoms with van der Waals surface area (Å²) in [6, 6.07) is 0.